The summed E-state index contributed by atoms with van der Waals surface area (Å²) >= 11 is 0. The molecule has 186 valence electrons. The minimum Gasteiger partial charge on any atom is -0.342 e. The maximum absolute atomic E-state index is 12.8. The summed E-state index contributed by atoms with van der Waals surface area (Å²) < 4.78 is 52.6. The number of rotatable bonds is 7. The molecule has 1 N–H and O–H groups in total. The van der Waals surface area contributed by atoms with Crippen molar-refractivity contribution in [1.82, 2.24) is 9.62 Å². The zero-order chi connectivity index (χ0) is 24.3. The molecule has 0 atom stereocenters. The highest BCUT2D eigenvalue weighted by Gasteiger charge is 2.33. The first-order chi connectivity index (χ1) is 15.4. The molecule has 2 aliphatic rings. The summed E-state index contributed by atoms with van der Waals surface area (Å²) in [6.07, 6.45) is 6.44. The lowest BCUT2D eigenvalue weighted by Crippen LogP contribution is -2.42. The van der Waals surface area contributed by atoms with Crippen LogP contribution in [-0.4, -0.2) is 57.3 Å². The number of amides is 1. The van der Waals surface area contributed by atoms with Gasteiger partial charge in [0.15, 0.2) is 9.84 Å². The summed E-state index contributed by atoms with van der Waals surface area (Å²) in [7, 11) is -6.79. The maximum Gasteiger partial charge on any atom is 0.240 e. The monoisotopic (exact) mass is 498 g/mol. The van der Waals surface area contributed by atoms with Gasteiger partial charge < -0.3 is 4.90 Å². The molecule has 9 heteroatoms. The first kappa shape index (κ1) is 26.2. The molecule has 0 bridgehead atoms. The van der Waals surface area contributed by atoms with Gasteiger partial charge in [0.05, 0.1) is 21.8 Å². The van der Waals surface area contributed by atoms with E-state index in [-0.39, 0.29) is 34.9 Å². The Hall–Kier alpha value is -1.45. The Kier molecular flexibility index (Phi) is 8.28. The van der Waals surface area contributed by atoms with Gasteiger partial charge in [-0.15, -0.1) is 0 Å². The smallest absolute Gasteiger partial charge is 0.240 e. The summed E-state index contributed by atoms with van der Waals surface area (Å²) in [5, 5.41) is 0. The number of nitrogens with one attached hydrogen (secondary N) is 1. The van der Waals surface area contributed by atoms with Gasteiger partial charge in [-0.25, -0.2) is 21.6 Å². The predicted octanol–water partition coefficient (Wildman–Crippen LogP) is 3.29. The SMILES string of the molecule is CC(C)(C)S(=O)(=O)CC1CCN(C(=O)Cc2cccc(S(=O)(=O)NC3CCCCC3)c2)CC1. The van der Waals surface area contributed by atoms with Crippen molar-refractivity contribution in [2.24, 2.45) is 5.92 Å². The molecule has 3 rings (SSSR count). The van der Waals surface area contributed by atoms with Gasteiger partial charge >= 0.3 is 0 Å². The summed E-state index contributed by atoms with van der Waals surface area (Å²) in [5.74, 6) is 0.173. The first-order valence-corrected chi connectivity index (χ1v) is 15.1. The fraction of sp³-hybridized carbons (Fsp3) is 0.708. The van der Waals surface area contributed by atoms with E-state index in [9.17, 15) is 21.6 Å². The molecule has 0 radical (unpaired) electrons. The maximum atomic E-state index is 12.8. The third kappa shape index (κ3) is 7.02. The van der Waals surface area contributed by atoms with Gasteiger partial charge in [-0.2, -0.15) is 0 Å². The van der Waals surface area contributed by atoms with E-state index in [1.54, 1.807) is 49.9 Å². The predicted molar refractivity (Wildman–Crippen MR) is 130 cm³/mol. The second-order valence-electron chi connectivity index (χ2n) is 10.5. The summed E-state index contributed by atoms with van der Waals surface area (Å²) in [6.45, 7) is 6.23. The van der Waals surface area contributed by atoms with E-state index in [1.807, 2.05) is 0 Å². The molecule has 1 heterocycles. The number of nitrogens with zero attached hydrogens (tertiary/aromatic N) is 1. The molecular weight excluding hydrogens is 460 g/mol. The second-order valence-corrected chi connectivity index (χ2v) is 15.0. The van der Waals surface area contributed by atoms with Crippen LogP contribution in [0.25, 0.3) is 0 Å². The fourth-order valence-corrected chi connectivity index (χ4v) is 7.36. The van der Waals surface area contributed by atoms with Crippen molar-refractivity contribution in [3.8, 4) is 0 Å². The van der Waals surface area contributed by atoms with Crippen LogP contribution in [0.5, 0.6) is 0 Å². The van der Waals surface area contributed by atoms with Crippen molar-refractivity contribution in [2.45, 2.75) is 87.8 Å². The molecule has 0 unspecified atom stereocenters. The standard InChI is InChI=1S/C24H38N2O5S2/c1-24(2,3)32(28,29)18-19-12-14-26(15-13-19)23(27)17-20-8-7-11-22(16-20)33(30,31)25-21-9-5-4-6-10-21/h7-8,11,16,19,21,25H,4-6,9-10,12-15,17-18H2,1-3H3. The molecule has 1 saturated carbocycles. The Morgan fingerprint density at radius 2 is 1.64 bits per heavy atom. The van der Waals surface area contributed by atoms with Crippen molar-refractivity contribution in [3.63, 3.8) is 0 Å². The summed E-state index contributed by atoms with van der Waals surface area (Å²) in [4.78, 5) is 14.8. The highest BCUT2D eigenvalue weighted by Crippen LogP contribution is 2.25. The van der Waals surface area contributed by atoms with Crippen molar-refractivity contribution in [3.05, 3.63) is 29.8 Å². The van der Waals surface area contributed by atoms with Gasteiger partial charge in [-0.05, 0) is 70.1 Å². The van der Waals surface area contributed by atoms with E-state index in [4.69, 9.17) is 0 Å². The number of sulfonamides is 1. The number of hydrogen-bond donors (Lipinski definition) is 1. The van der Waals surface area contributed by atoms with Crippen LogP contribution in [0.15, 0.2) is 29.2 Å². The number of carbonyl (C=O) groups is 1. The van der Waals surface area contributed by atoms with Crippen molar-refractivity contribution in [1.29, 1.82) is 0 Å². The van der Waals surface area contributed by atoms with Gasteiger partial charge in [-0.3, -0.25) is 4.79 Å². The van der Waals surface area contributed by atoms with Crippen LogP contribution in [0.3, 0.4) is 0 Å². The van der Waals surface area contributed by atoms with Crippen LogP contribution in [0.1, 0.15) is 71.3 Å². The molecule has 1 aromatic rings. The molecule has 7 nitrogen and oxygen atoms in total. The zero-order valence-corrected chi connectivity index (χ0v) is 21.7. The Labute approximate surface area is 199 Å². The van der Waals surface area contributed by atoms with Crippen molar-refractivity contribution in [2.75, 3.05) is 18.8 Å². The molecule has 2 fully saturated rings. The quantitative estimate of drug-likeness (QED) is 0.622. The Morgan fingerprint density at radius 1 is 1.00 bits per heavy atom. The average molecular weight is 499 g/mol. The molecule has 1 aromatic carbocycles. The molecule has 1 aliphatic carbocycles. The fourth-order valence-electron chi connectivity index (χ4n) is 4.53. The first-order valence-electron chi connectivity index (χ1n) is 12.0. The zero-order valence-electron chi connectivity index (χ0n) is 20.0. The third-order valence-electron chi connectivity index (χ3n) is 6.85. The third-order valence-corrected chi connectivity index (χ3v) is 11.1. The van der Waals surface area contributed by atoms with Crippen LogP contribution < -0.4 is 4.72 Å². The van der Waals surface area contributed by atoms with Gasteiger partial charge in [0.1, 0.15) is 0 Å². The highest BCUT2D eigenvalue weighted by molar-refractivity contribution is 7.92. The van der Waals surface area contributed by atoms with Crippen molar-refractivity contribution < 1.29 is 21.6 Å². The Morgan fingerprint density at radius 3 is 2.24 bits per heavy atom. The highest BCUT2D eigenvalue weighted by atomic mass is 32.2. The number of carbonyl (C=O) groups excluding carboxylic acids is 1. The minimum absolute atomic E-state index is 0.0163. The lowest BCUT2D eigenvalue weighted by Gasteiger charge is -2.33. The molecular formula is C24H38N2O5S2. The number of hydrogen-bond acceptors (Lipinski definition) is 5. The van der Waals surface area contributed by atoms with Crippen LogP contribution >= 0.6 is 0 Å². The van der Waals surface area contributed by atoms with Crippen LogP contribution in [0.2, 0.25) is 0 Å². The van der Waals surface area contributed by atoms with E-state index >= 15 is 0 Å². The number of likely N-dealkylation sites (tertiary alicyclic amines) is 1. The van der Waals surface area contributed by atoms with E-state index in [2.05, 4.69) is 4.72 Å². The number of sulfone groups is 1. The minimum atomic E-state index is -3.61. The molecule has 1 saturated heterocycles. The lowest BCUT2D eigenvalue weighted by atomic mass is 9.96. The molecule has 0 spiro atoms. The number of benzene rings is 1. The summed E-state index contributed by atoms with van der Waals surface area (Å²) in [5.41, 5.74) is 0.670. The van der Waals surface area contributed by atoms with Gasteiger partial charge in [-0.1, -0.05) is 31.4 Å². The van der Waals surface area contributed by atoms with Gasteiger partial charge in [0.25, 0.3) is 0 Å². The number of piperidine rings is 1. The van der Waals surface area contributed by atoms with Crippen LogP contribution in [0.4, 0.5) is 0 Å². The van der Waals surface area contributed by atoms with E-state index in [1.165, 1.54) is 0 Å². The van der Waals surface area contributed by atoms with E-state index < -0.39 is 24.6 Å². The van der Waals surface area contributed by atoms with E-state index in [0.717, 1.165) is 32.1 Å². The normalized spacial score (nSPS) is 19.5. The second kappa shape index (κ2) is 10.4. The average Bonchev–Trinajstić information content (AvgIpc) is 2.74. The Bertz CT molecular complexity index is 1030. The van der Waals surface area contributed by atoms with Crippen molar-refractivity contribution >= 4 is 25.8 Å². The van der Waals surface area contributed by atoms with Crippen LogP contribution in [0, 0.1) is 5.92 Å². The van der Waals surface area contributed by atoms with Gasteiger partial charge in [0, 0.05) is 19.1 Å². The Balaban J connectivity index is 1.56. The van der Waals surface area contributed by atoms with Crippen LogP contribution in [-0.2, 0) is 31.1 Å². The molecule has 0 aromatic heterocycles. The molecule has 1 amide bonds. The molecule has 1 aliphatic heterocycles. The summed E-state index contributed by atoms with van der Waals surface area (Å²) in [6, 6.07) is 6.60. The molecule has 33 heavy (non-hydrogen) atoms. The van der Waals surface area contributed by atoms with Gasteiger partial charge in [0.2, 0.25) is 15.9 Å². The lowest BCUT2D eigenvalue weighted by molar-refractivity contribution is -0.131. The van der Waals surface area contributed by atoms with E-state index in [0.29, 0.717) is 31.5 Å². The topological polar surface area (TPSA) is 101 Å². The largest absolute Gasteiger partial charge is 0.342 e.